The fraction of sp³-hybridized carbons (Fsp3) is 0.0952. The van der Waals surface area contributed by atoms with Crippen molar-refractivity contribution in [3.63, 3.8) is 0 Å². The van der Waals surface area contributed by atoms with Crippen LogP contribution >= 0.6 is 0 Å². The molecule has 1 aliphatic heterocycles. The average Bonchev–Trinajstić information content (AvgIpc) is 3.11. The smallest absolute Gasteiger partial charge is 0.261 e. The first-order valence-electron chi connectivity index (χ1n) is 8.72. The summed E-state index contributed by atoms with van der Waals surface area (Å²) in [6.07, 6.45) is 0.765. The van der Waals surface area contributed by atoms with Gasteiger partial charge in [-0.3, -0.25) is 9.52 Å². The van der Waals surface area contributed by atoms with Gasteiger partial charge >= 0.3 is 0 Å². The zero-order chi connectivity index (χ0) is 19.7. The van der Waals surface area contributed by atoms with E-state index in [9.17, 15) is 17.6 Å². The highest BCUT2D eigenvalue weighted by atomic mass is 32.2. The molecule has 1 N–H and O–H groups in total. The molecule has 0 aliphatic carbocycles. The van der Waals surface area contributed by atoms with E-state index in [1.807, 2.05) is 24.3 Å². The number of nitrogens with zero attached hydrogens (tertiary/aromatic N) is 1. The normalized spacial score (nSPS) is 13.2. The molecule has 3 aromatic carbocycles. The number of hydrogen-bond acceptors (Lipinski definition) is 3. The van der Waals surface area contributed by atoms with E-state index in [4.69, 9.17) is 0 Å². The maximum Gasteiger partial charge on any atom is 0.261 e. The molecule has 5 nitrogen and oxygen atoms in total. The molecule has 0 aromatic heterocycles. The van der Waals surface area contributed by atoms with Gasteiger partial charge in [0.05, 0.1) is 10.6 Å². The van der Waals surface area contributed by atoms with Gasteiger partial charge in [-0.25, -0.2) is 12.8 Å². The molecule has 0 atom stereocenters. The van der Waals surface area contributed by atoms with Crippen molar-refractivity contribution in [1.82, 2.24) is 0 Å². The zero-order valence-electron chi connectivity index (χ0n) is 14.8. The highest BCUT2D eigenvalue weighted by Crippen LogP contribution is 2.29. The Labute approximate surface area is 162 Å². The lowest BCUT2D eigenvalue weighted by atomic mass is 10.1. The first kappa shape index (κ1) is 18.2. The molecule has 4 rings (SSSR count). The van der Waals surface area contributed by atoms with E-state index in [1.54, 1.807) is 11.0 Å². The minimum atomic E-state index is -3.96. The maximum atomic E-state index is 13.3. The lowest BCUT2D eigenvalue weighted by molar-refractivity contribution is 0.0989. The van der Waals surface area contributed by atoms with Gasteiger partial charge in [0.25, 0.3) is 15.9 Å². The average molecular weight is 396 g/mol. The molecule has 0 unspecified atom stereocenters. The molecule has 3 aromatic rings. The summed E-state index contributed by atoms with van der Waals surface area (Å²) in [6.45, 7) is 0.552. The monoisotopic (exact) mass is 396 g/mol. The van der Waals surface area contributed by atoms with E-state index in [1.165, 1.54) is 36.4 Å². The number of para-hydroxylation sites is 1. The van der Waals surface area contributed by atoms with E-state index in [0.717, 1.165) is 23.7 Å². The molecular weight excluding hydrogens is 379 g/mol. The van der Waals surface area contributed by atoms with Gasteiger partial charge in [-0.05, 0) is 54.4 Å². The lowest BCUT2D eigenvalue weighted by Gasteiger charge is -2.18. The molecule has 0 fully saturated rings. The highest BCUT2D eigenvalue weighted by Gasteiger charge is 2.26. The van der Waals surface area contributed by atoms with Crippen LogP contribution in [0.5, 0.6) is 0 Å². The van der Waals surface area contributed by atoms with Gasteiger partial charge in [0.2, 0.25) is 0 Å². The molecule has 28 heavy (non-hydrogen) atoms. The van der Waals surface area contributed by atoms with Crippen LogP contribution in [0.3, 0.4) is 0 Å². The van der Waals surface area contributed by atoms with E-state index in [-0.39, 0.29) is 22.1 Å². The number of sulfonamides is 1. The predicted molar refractivity (Wildman–Crippen MR) is 105 cm³/mol. The van der Waals surface area contributed by atoms with Gasteiger partial charge < -0.3 is 4.90 Å². The van der Waals surface area contributed by atoms with Crippen LogP contribution in [-0.4, -0.2) is 20.9 Å². The predicted octanol–water partition coefficient (Wildman–Crippen LogP) is 3.83. The van der Waals surface area contributed by atoms with E-state index < -0.39 is 15.8 Å². The Hall–Kier alpha value is -3.19. The number of fused-ring (bicyclic) bond motifs is 1. The van der Waals surface area contributed by atoms with Crippen molar-refractivity contribution < 1.29 is 17.6 Å². The van der Waals surface area contributed by atoms with E-state index in [0.29, 0.717) is 6.54 Å². The summed E-state index contributed by atoms with van der Waals surface area (Å²) in [5.41, 5.74) is 2.33. The SMILES string of the molecule is O=C(c1cccc(S(=O)(=O)Nc2cccc(F)c2)c1)N1CCc2ccccc21. The molecular formula is C21H17FN2O3S. The molecule has 1 aliphatic rings. The van der Waals surface area contributed by atoms with Gasteiger partial charge in [0.1, 0.15) is 5.82 Å². The molecule has 0 bridgehead atoms. The number of halogens is 1. The molecule has 1 amide bonds. The van der Waals surface area contributed by atoms with Crippen molar-refractivity contribution in [3.05, 3.63) is 89.7 Å². The number of nitrogens with one attached hydrogen (secondary N) is 1. The van der Waals surface area contributed by atoms with Crippen LogP contribution in [0, 0.1) is 5.82 Å². The van der Waals surface area contributed by atoms with Crippen LogP contribution in [0.25, 0.3) is 0 Å². The summed E-state index contributed by atoms with van der Waals surface area (Å²) >= 11 is 0. The van der Waals surface area contributed by atoms with Crippen LogP contribution in [0.15, 0.2) is 77.7 Å². The minimum Gasteiger partial charge on any atom is -0.308 e. The summed E-state index contributed by atoms with van der Waals surface area (Å²) in [4.78, 5) is 14.5. The number of rotatable bonds is 4. The molecule has 0 saturated heterocycles. The number of benzene rings is 3. The largest absolute Gasteiger partial charge is 0.308 e. The van der Waals surface area contributed by atoms with E-state index >= 15 is 0 Å². The second-order valence-corrected chi connectivity index (χ2v) is 8.16. The maximum absolute atomic E-state index is 13.3. The number of hydrogen-bond donors (Lipinski definition) is 1. The van der Waals surface area contributed by atoms with Crippen molar-refractivity contribution in [1.29, 1.82) is 0 Å². The third-order valence-corrected chi connectivity index (χ3v) is 5.98. The fourth-order valence-corrected chi connectivity index (χ4v) is 4.36. The van der Waals surface area contributed by atoms with Crippen LogP contribution in [0.4, 0.5) is 15.8 Å². The highest BCUT2D eigenvalue weighted by molar-refractivity contribution is 7.92. The van der Waals surface area contributed by atoms with Gasteiger partial charge in [-0.2, -0.15) is 0 Å². The van der Waals surface area contributed by atoms with Gasteiger partial charge in [-0.15, -0.1) is 0 Å². The van der Waals surface area contributed by atoms with Gasteiger partial charge in [0.15, 0.2) is 0 Å². The van der Waals surface area contributed by atoms with Crippen LogP contribution < -0.4 is 9.62 Å². The van der Waals surface area contributed by atoms with Crippen molar-refractivity contribution in [3.8, 4) is 0 Å². The number of carbonyl (C=O) groups is 1. The Morgan fingerprint density at radius 1 is 0.964 bits per heavy atom. The molecule has 0 saturated carbocycles. The molecule has 7 heteroatoms. The third kappa shape index (κ3) is 3.48. The Morgan fingerprint density at radius 2 is 1.75 bits per heavy atom. The second-order valence-electron chi connectivity index (χ2n) is 6.48. The molecule has 142 valence electrons. The number of anilines is 2. The number of amides is 1. The zero-order valence-corrected chi connectivity index (χ0v) is 15.6. The first-order valence-corrected chi connectivity index (χ1v) is 10.2. The summed E-state index contributed by atoms with van der Waals surface area (Å²) in [5.74, 6) is -0.801. The Balaban J connectivity index is 1.62. The topological polar surface area (TPSA) is 66.5 Å². The Kier molecular flexibility index (Phi) is 4.60. The molecule has 1 heterocycles. The third-order valence-electron chi connectivity index (χ3n) is 4.60. The Bertz CT molecular complexity index is 1160. The first-order chi connectivity index (χ1) is 13.4. The molecule has 0 radical (unpaired) electrons. The number of carbonyl (C=O) groups excluding carboxylic acids is 1. The summed E-state index contributed by atoms with van der Waals surface area (Å²) in [6, 6.07) is 18.7. The van der Waals surface area contributed by atoms with Crippen molar-refractivity contribution in [2.75, 3.05) is 16.2 Å². The van der Waals surface area contributed by atoms with Crippen LogP contribution in [0.1, 0.15) is 15.9 Å². The summed E-state index contributed by atoms with van der Waals surface area (Å²) < 4.78 is 41.0. The fourth-order valence-electron chi connectivity index (χ4n) is 3.27. The Morgan fingerprint density at radius 3 is 2.57 bits per heavy atom. The lowest BCUT2D eigenvalue weighted by Crippen LogP contribution is -2.29. The van der Waals surface area contributed by atoms with Crippen molar-refractivity contribution >= 4 is 27.3 Å². The second kappa shape index (κ2) is 7.09. The van der Waals surface area contributed by atoms with Crippen LogP contribution in [-0.2, 0) is 16.4 Å². The van der Waals surface area contributed by atoms with Crippen molar-refractivity contribution in [2.24, 2.45) is 0 Å². The van der Waals surface area contributed by atoms with Crippen LogP contribution in [0.2, 0.25) is 0 Å². The summed E-state index contributed by atoms with van der Waals surface area (Å²) in [7, 11) is -3.96. The minimum absolute atomic E-state index is 0.0601. The van der Waals surface area contributed by atoms with E-state index in [2.05, 4.69) is 4.72 Å². The van der Waals surface area contributed by atoms with Gasteiger partial charge in [-0.1, -0.05) is 30.3 Å². The van der Waals surface area contributed by atoms with Crippen molar-refractivity contribution in [2.45, 2.75) is 11.3 Å². The standard InChI is InChI=1S/C21H17FN2O3S/c22-17-7-4-8-18(14-17)23-28(26,27)19-9-3-6-16(13-19)21(25)24-12-11-15-5-1-2-10-20(15)24/h1-10,13-14,23H,11-12H2. The summed E-state index contributed by atoms with van der Waals surface area (Å²) in [5, 5.41) is 0. The van der Waals surface area contributed by atoms with Gasteiger partial charge in [0, 0.05) is 17.8 Å². The quantitative estimate of drug-likeness (QED) is 0.729. The molecule has 0 spiro atoms.